The highest BCUT2D eigenvalue weighted by molar-refractivity contribution is 5.92. The second kappa shape index (κ2) is 5.05. The third-order valence-corrected chi connectivity index (χ3v) is 2.11. The molecule has 3 nitrogen and oxygen atoms in total. The lowest BCUT2D eigenvalue weighted by Crippen LogP contribution is -2.28. The monoisotopic (exact) mass is 224 g/mol. The molecule has 0 aliphatic heterocycles. The molecule has 88 valence electrons. The van der Waals surface area contributed by atoms with Crippen molar-refractivity contribution in [2.45, 2.75) is 27.2 Å². The molecule has 0 saturated carbocycles. The Morgan fingerprint density at radius 2 is 2.12 bits per heavy atom. The molecule has 0 radical (unpaired) electrons. The van der Waals surface area contributed by atoms with E-state index in [4.69, 9.17) is 0 Å². The topological polar surface area (TPSA) is 42.0 Å². The molecule has 1 amide bonds. The van der Waals surface area contributed by atoms with Crippen LogP contribution < -0.4 is 5.32 Å². The van der Waals surface area contributed by atoms with Gasteiger partial charge in [-0.15, -0.1) is 0 Å². The number of nitrogens with zero attached hydrogens (tertiary/aromatic N) is 1. The Labute approximate surface area is 95.1 Å². The van der Waals surface area contributed by atoms with E-state index in [2.05, 4.69) is 31.1 Å². The second-order valence-electron chi connectivity index (χ2n) is 4.91. The number of pyridine rings is 1. The van der Waals surface area contributed by atoms with Gasteiger partial charge in [0, 0.05) is 6.54 Å². The van der Waals surface area contributed by atoms with E-state index in [0.29, 0.717) is 6.54 Å². The fourth-order valence-corrected chi connectivity index (χ4v) is 1.18. The molecule has 1 N–H and O–H groups in total. The molecule has 0 aliphatic rings. The summed E-state index contributed by atoms with van der Waals surface area (Å²) in [5.41, 5.74) is 0.289. The van der Waals surface area contributed by atoms with Crippen molar-refractivity contribution >= 4 is 5.91 Å². The van der Waals surface area contributed by atoms with Crippen molar-refractivity contribution in [1.82, 2.24) is 10.3 Å². The van der Waals surface area contributed by atoms with Gasteiger partial charge in [-0.2, -0.15) is 4.39 Å². The minimum absolute atomic E-state index is 0.119. The number of hydrogen-bond acceptors (Lipinski definition) is 2. The van der Waals surface area contributed by atoms with E-state index in [1.165, 1.54) is 18.2 Å². The smallest absolute Gasteiger partial charge is 0.269 e. The number of carbonyl (C=O) groups is 1. The van der Waals surface area contributed by atoms with E-state index in [9.17, 15) is 9.18 Å². The van der Waals surface area contributed by atoms with Crippen molar-refractivity contribution in [2.24, 2.45) is 5.41 Å². The van der Waals surface area contributed by atoms with Gasteiger partial charge >= 0.3 is 0 Å². The van der Waals surface area contributed by atoms with Gasteiger partial charge in [0.05, 0.1) is 0 Å². The molecule has 1 rings (SSSR count). The Morgan fingerprint density at radius 1 is 1.44 bits per heavy atom. The third kappa shape index (κ3) is 4.38. The van der Waals surface area contributed by atoms with E-state index in [1.807, 2.05) is 0 Å². The van der Waals surface area contributed by atoms with Gasteiger partial charge in [0.1, 0.15) is 5.69 Å². The Kier molecular flexibility index (Phi) is 3.99. The Morgan fingerprint density at radius 3 is 2.69 bits per heavy atom. The van der Waals surface area contributed by atoms with Gasteiger partial charge in [-0.25, -0.2) is 4.98 Å². The lowest BCUT2D eigenvalue weighted by Gasteiger charge is -2.17. The first-order valence-corrected chi connectivity index (χ1v) is 5.29. The van der Waals surface area contributed by atoms with Gasteiger partial charge in [-0.05, 0) is 24.0 Å². The molecule has 0 fully saturated rings. The predicted octanol–water partition coefficient (Wildman–Crippen LogP) is 2.39. The molecule has 16 heavy (non-hydrogen) atoms. The first-order chi connectivity index (χ1) is 7.38. The third-order valence-electron chi connectivity index (χ3n) is 2.11. The van der Waals surface area contributed by atoms with Crippen LogP contribution in [0.1, 0.15) is 37.7 Å². The zero-order valence-electron chi connectivity index (χ0n) is 9.88. The van der Waals surface area contributed by atoms with Crippen LogP contribution >= 0.6 is 0 Å². The lowest BCUT2D eigenvalue weighted by molar-refractivity contribution is 0.0943. The SMILES string of the molecule is CC(C)(C)CCNC(=O)c1cccc(F)n1. The van der Waals surface area contributed by atoms with Crippen LogP contribution in [0.15, 0.2) is 18.2 Å². The van der Waals surface area contributed by atoms with Crippen molar-refractivity contribution < 1.29 is 9.18 Å². The molecule has 1 heterocycles. The molecule has 1 aromatic rings. The summed E-state index contributed by atoms with van der Waals surface area (Å²) >= 11 is 0. The van der Waals surface area contributed by atoms with Crippen LogP contribution in [0.2, 0.25) is 0 Å². The fraction of sp³-hybridized carbons (Fsp3) is 0.500. The van der Waals surface area contributed by atoms with Gasteiger partial charge in [0.25, 0.3) is 5.91 Å². The Hall–Kier alpha value is -1.45. The molecule has 4 heteroatoms. The summed E-state index contributed by atoms with van der Waals surface area (Å²) in [7, 11) is 0. The van der Waals surface area contributed by atoms with Gasteiger partial charge in [-0.3, -0.25) is 4.79 Å². The zero-order chi connectivity index (χ0) is 12.2. The molecule has 0 unspecified atom stereocenters. The average molecular weight is 224 g/mol. The van der Waals surface area contributed by atoms with Crippen LogP contribution in [-0.2, 0) is 0 Å². The summed E-state index contributed by atoms with van der Waals surface area (Å²) in [5.74, 6) is -0.966. The molecule has 0 saturated heterocycles. The number of carbonyl (C=O) groups excluding carboxylic acids is 1. The number of hydrogen-bond donors (Lipinski definition) is 1. The van der Waals surface area contributed by atoms with E-state index >= 15 is 0 Å². The number of halogens is 1. The molecular formula is C12H17FN2O. The zero-order valence-corrected chi connectivity index (χ0v) is 9.88. The Balaban J connectivity index is 2.47. The maximum atomic E-state index is 12.7. The fourth-order valence-electron chi connectivity index (χ4n) is 1.18. The highest BCUT2D eigenvalue weighted by Gasteiger charge is 2.12. The van der Waals surface area contributed by atoms with Gasteiger partial charge in [0.2, 0.25) is 5.95 Å². The van der Waals surface area contributed by atoms with E-state index in [0.717, 1.165) is 6.42 Å². The van der Waals surface area contributed by atoms with Gasteiger partial charge in [0.15, 0.2) is 0 Å². The maximum absolute atomic E-state index is 12.7. The van der Waals surface area contributed by atoms with Crippen LogP contribution in [-0.4, -0.2) is 17.4 Å². The van der Waals surface area contributed by atoms with Crippen LogP contribution in [0.4, 0.5) is 4.39 Å². The summed E-state index contributed by atoms with van der Waals surface area (Å²) in [6, 6.07) is 4.18. The maximum Gasteiger partial charge on any atom is 0.269 e. The van der Waals surface area contributed by atoms with Crippen molar-refractivity contribution in [1.29, 1.82) is 0 Å². The minimum atomic E-state index is -0.636. The largest absolute Gasteiger partial charge is 0.351 e. The van der Waals surface area contributed by atoms with Crippen molar-refractivity contribution in [3.63, 3.8) is 0 Å². The van der Waals surface area contributed by atoms with Crippen LogP contribution in [0.5, 0.6) is 0 Å². The first kappa shape index (κ1) is 12.6. The molecule has 0 atom stereocenters. The quantitative estimate of drug-likeness (QED) is 0.801. The van der Waals surface area contributed by atoms with Gasteiger partial charge < -0.3 is 5.32 Å². The van der Waals surface area contributed by atoms with Crippen LogP contribution in [0, 0.1) is 11.4 Å². The lowest BCUT2D eigenvalue weighted by atomic mass is 9.92. The van der Waals surface area contributed by atoms with Crippen molar-refractivity contribution in [3.8, 4) is 0 Å². The van der Waals surface area contributed by atoms with E-state index in [-0.39, 0.29) is 17.0 Å². The molecule has 0 aliphatic carbocycles. The molecule has 0 spiro atoms. The predicted molar refractivity (Wildman–Crippen MR) is 60.6 cm³/mol. The standard InChI is InChI=1S/C12H17FN2O/c1-12(2,3)7-8-14-11(16)9-5-4-6-10(13)15-9/h4-6H,7-8H2,1-3H3,(H,14,16). The van der Waals surface area contributed by atoms with Crippen molar-refractivity contribution in [3.05, 3.63) is 29.8 Å². The Bertz CT molecular complexity index is 372. The molecule has 0 aromatic carbocycles. The summed E-state index contributed by atoms with van der Waals surface area (Å²) in [6.45, 7) is 6.86. The normalized spacial score (nSPS) is 11.2. The highest BCUT2D eigenvalue weighted by Crippen LogP contribution is 2.16. The van der Waals surface area contributed by atoms with E-state index in [1.54, 1.807) is 0 Å². The summed E-state index contributed by atoms with van der Waals surface area (Å²) < 4.78 is 12.7. The summed E-state index contributed by atoms with van der Waals surface area (Å²) in [4.78, 5) is 15.1. The van der Waals surface area contributed by atoms with Crippen LogP contribution in [0.3, 0.4) is 0 Å². The second-order valence-corrected chi connectivity index (χ2v) is 4.91. The number of nitrogens with one attached hydrogen (secondary N) is 1. The molecular weight excluding hydrogens is 207 g/mol. The number of aromatic nitrogens is 1. The molecule has 1 aromatic heterocycles. The molecule has 0 bridgehead atoms. The minimum Gasteiger partial charge on any atom is -0.351 e. The summed E-state index contributed by atoms with van der Waals surface area (Å²) in [6.07, 6.45) is 0.869. The number of amides is 1. The number of rotatable bonds is 3. The summed E-state index contributed by atoms with van der Waals surface area (Å²) in [5, 5.41) is 2.71. The average Bonchev–Trinajstić information content (AvgIpc) is 2.15. The first-order valence-electron chi connectivity index (χ1n) is 5.29. The highest BCUT2D eigenvalue weighted by atomic mass is 19.1. The van der Waals surface area contributed by atoms with E-state index < -0.39 is 5.95 Å². The van der Waals surface area contributed by atoms with Crippen molar-refractivity contribution in [2.75, 3.05) is 6.54 Å². The van der Waals surface area contributed by atoms with Crippen LogP contribution in [0.25, 0.3) is 0 Å². The van der Waals surface area contributed by atoms with Gasteiger partial charge in [-0.1, -0.05) is 26.8 Å².